The van der Waals surface area contributed by atoms with Crippen molar-refractivity contribution >= 4 is 36.5 Å². The fourth-order valence-electron chi connectivity index (χ4n) is 5.89. The molecule has 264 valence electrons. The van der Waals surface area contributed by atoms with Crippen LogP contribution in [0.3, 0.4) is 0 Å². The van der Waals surface area contributed by atoms with Gasteiger partial charge in [-0.2, -0.15) is 0 Å². The highest BCUT2D eigenvalue weighted by Gasteiger charge is 2.48. The van der Waals surface area contributed by atoms with Crippen LogP contribution in [-0.4, -0.2) is 134 Å². The number of ether oxygens (including phenoxy) is 3. The molecule has 0 aromatic carbocycles. The van der Waals surface area contributed by atoms with Gasteiger partial charge in [-0.3, -0.25) is 28.7 Å². The number of nitrogen functional groups attached to an aromatic ring is 1. The second kappa shape index (κ2) is 14.3. The number of carbonyl (C=O) groups is 1. The molecule has 2 saturated heterocycles. The van der Waals surface area contributed by atoms with E-state index in [0.717, 1.165) is 0 Å². The Balaban J connectivity index is 1.18. The number of amides is 1. The average molecular weight is 697 g/mol. The molecule has 0 bridgehead atoms. The molecule has 3 aliphatic heterocycles. The van der Waals surface area contributed by atoms with E-state index in [0.29, 0.717) is 29.9 Å². The maximum absolute atomic E-state index is 14.3. The molecular weight excluding hydrogens is 655 g/mol. The lowest BCUT2D eigenvalue weighted by Gasteiger charge is -2.26. The van der Waals surface area contributed by atoms with Gasteiger partial charge in [0.1, 0.15) is 54.4 Å². The first-order valence-electron chi connectivity index (χ1n) is 15.3. The lowest BCUT2D eigenvalue weighted by atomic mass is 10.1. The maximum Gasteiger partial charge on any atom is 0.405 e. The first-order valence-corrected chi connectivity index (χ1v) is 16.8. The zero-order chi connectivity index (χ0) is 34.2. The number of nitrogens with one attached hydrogen (secondary N) is 3. The third-order valence-corrected chi connectivity index (χ3v) is 9.92. The minimum absolute atomic E-state index is 0.119. The summed E-state index contributed by atoms with van der Waals surface area (Å²) in [4.78, 5) is 30.9. The Morgan fingerprint density at radius 1 is 1.17 bits per heavy atom. The van der Waals surface area contributed by atoms with E-state index in [2.05, 4.69) is 35.7 Å². The number of methoxy groups -OCH3 is 1. The van der Waals surface area contributed by atoms with Gasteiger partial charge < -0.3 is 45.7 Å². The molecule has 2 fully saturated rings. The molecule has 0 spiro atoms. The zero-order valence-electron chi connectivity index (χ0n) is 26.6. The Labute approximate surface area is 274 Å². The third kappa shape index (κ3) is 6.89. The normalized spacial score (nSPS) is 30.0. The summed E-state index contributed by atoms with van der Waals surface area (Å²) in [5, 5.41) is 29.7. The molecule has 9 atom stereocenters. The van der Waals surface area contributed by atoms with Gasteiger partial charge >= 0.3 is 7.75 Å². The summed E-state index contributed by atoms with van der Waals surface area (Å²) in [6.07, 6.45) is -2.45. The minimum atomic E-state index is -4.13. The lowest BCUT2D eigenvalue weighted by Crippen LogP contribution is -2.51. The fourth-order valence-corrected chi connectivity index (χ4v) is 7.47. The Morgan fingerprint density at radius 3 is 2.71 bits per heavy atom. The molecule has 48 heavy (non-hydrogen) atoms. The van der Waals surface area contributed by atoms with E-state index >= 15 is 0 Å². The monoisotopic (exact) mass is 696 g/mol. The number of aliphatic hydroxyl groups excluding tert-OH is 2. The van der Waals surface area contributed by atoms with Crippen molar-refractivity contribution in [2.45, 2.75) is 62.1 Å². The molecule has 3 aromatic rings. The number of hydrogen-bond acceptors (Lipinski definition) is 17. The minimum Gasteiger partial charge on any atom is -0.394 e. The van der Waals surface area contributed by atoms with Crippen LogP contribution in [0.5, 0.6) is 0 Å². The van der Waals surface area contributed by atoms with E-state index in [-0.39, 0.29) is 31.1 Å². The second-order valence-corrected chi connectivity index (χ2v) is 13.6. The Kier molecular flexibility index (Phi) is 10.3. The zero-order valence-corrected chi connectivity index (χ0v) is 27.5. The Bertz CT molecular complexity index is 1640. The molecule has 21 nitrogen and oxygen atoms in total. The summed E-state index contributed by atoms with van der Waals surface area (Å²) >= 11 is 0. The van der Waals surface area contributed by atoms with Crippen LogP contribution in [0.1, 0.15) is 35.8 Å². The summed E-state index contributed by atoms with van der Waals surface area (Å²) in [7, 11) is 1.13. The van der Waals surface area contributed by atoms with Crippen LogP contribution in [0.25, 0.3) is 11.2 Å². The van der Waals surface area contributed by atoms with Crippen LogP contribution in [0.2, 0.25) is 0 Å². The molecule has 4 unspecified atom stereocenters. The van der Waals surface area contributed by atoms with Crippen molar-refractivity contribution in [3.63, 3.8) is 0 Å². The van der Waals surface area contributed by atoms with Crippen molar-refractivity contribution in [2.24, 2.45) is 5.73 Å². The van der Waals surface area contributed by atoms with Gasteiger partial charge in [-0.15, -0.1) is 0 Å². The molecule has 6 rings (SSSR count). The fraction of sp³-hybridized carbons (Fsp3) is 0.654. The third-order valence-electron chi connectivity index (χ3n) is 8.27. The number of imidazole rings is 2. The molecular formula is C26H41N12O9P. The summed E-state index contributed by atoms with van der Waals surface area (Å²) in [5.41, 5.74) is 12.7. The van der Waals surface area contributed by atoms with Gasteiger partial charge in [0.15, 0.2) is 29.7 Å². The van der Waals surface area contributed by atoms with Crippen LogP contribution in [0.15, 0.2) is 19.0 Å². The summed E-state index contributed by atoms with van der Waals surface area (Å²) in [6.45, 7) is 0.151. The standard InChI is InChI=1S/C26H41N12O9P/c1-36(2)6-4-5-33-48(42,47-13-7-16(45-14(13)8-39)37-11-32-18-23(37)34-26(28)35-24(18)41)44-9-15-19(40)20(43-3)25(46-15)38-12-31-17-21(27)29-10-30-22(17)38/h10-16,19-20,25-26,34,39-40H,4-9,28H2,1-3H3,(H,33,42)(H,35,41)(H2,27,29,30)/t13?,14-,15-,16-,19?,20-,25-,26?,48?/m1/s1. The Morgan fingerprint density at radius 2 is 1.96 bits per heavy atom. The maximum atomic E-state index is 14.3. The first kappa shape index (κ1) is 34.5. The molecule has 0 saturated carbocycles. The van der Waals surface area contributed by atoms with Crippen molar-refractivity contribution in [2.75, 3.05) is 58.6 Å². The highest BCUT2D eigenvalue weighted by atomic mass is 31.2. The smallest absolute Gasteiger partial charge is 0.394 e. The molecule has 9 N–H and O–H groups in total. The summed E-state index contributed by atoms with van der Waals surface area (Å²) in [5.74, 6) is 0.0682. The predicted octanol–water partition coefficient (Wildman–Crippen LogP) is -1.69. The van der Waals surface area contributed by atoms with Gasteiger partial charge in [0.2, 0.25) is 0 Å². The number of anilines is 2. The van der Waals surface area contributed by atoms with E-state index in [1.165, 1.54) is 26.1 Å². The predicted molar refractivity (Wildman–Crippen MR) is 167 cm³/mol. The van der Waals surface area contributed by atoms with Crippen molar-refractivity contribution < 1.29 is 42.8 Å². The van der Waals surface area contributed by atoms with Gasteiger partial charge in [0.05, 0.1) is 25.9 Å². The molecule has 0 aliphatic carbocycles. The number of rotatable bonds is 14. The molecule has 6 heterocycles. The van der Waals surface area contributed by atoms with Gasteiger partial charge in [-0.1, -0.05) is 0 Å². The summed E-state index contributed by atoms with van der Waals surface area (Å²) in [6, 6.07) is 0. The van der Waals surface area contributed by atoms with Gasteiger partial charge in [0, 0.05) is 20.1 Å². The first-order chi connectivity index (χ1) is 23.0. The number of aromatic nitrogens is 6. The van der Waals surface area contributed by atoms with E-state index in [1.807, 2.05) is 19.0 Å². The molecule has 3 aliphatic rings. The second-order valence-electron chi connectivity index (χ2n) is 11.8. The highest BCUT2D eigenvalue weighted by Crippen LogP contribution is 2.50. The number of nitrogens with zero attached hydrogens (tertiary/aromatic N) is 7. The van der Waals surface area contributed by atoms with E-state index in [1.54, 1.807) is 9.13 Å². The van der Waals surface area contributed by atoms with Gasteiger partial charge in [-0.25, -0.2) is 29.6 Å². The van der Waals surface area contributed by atoms with Crippen molar-refractivity contribution in [1.29, 1.82) is 0 Å². The lowest BCUT2D eigenvalue weighted by molar-refractivity contribution is -0.0598. The quantitative estimate of drug-likeness (QED) is 0.0731. The number of carbonyl (C=O) groups excluding carboxylic acids is 1. The largest absolute Gasteiger partial charge is 0.405 e. The van der Waals surface area contributed by atoms with Crippen LogP contribution in [-0.2, 0) is 27.8 Å². The molecule has 0 radical (unpaired) electrons. The number of nitrogens with two attached hydrogens (primary N) is 2. The highest BCUT2D eigenvalue weighted by molar-refractivity contribution is 7.51. The SMILES string of the molecule is CO[C@@H]1C(O)[C@@H](COP(=O)(NCCCN(C)C)OC2C[C@H](n3cnc4c3NC(N)NC4=O)O[C@@H]2CO)O[C@H]1n1cnc2c(N)ncnc21. The molecule has 1 amide bonds. The van der Waals surface area contributed by atoms with Crippen LogP contribution >= 0.6 is 7.75 Å². The van der Waals surface area contributed by atoms with E-state index in [9.17, 15) is 19.6 Å². The van der Waals surface area contributed by atoms with Crippen LogP contribution in [0, 0.1) is 0 Å². The van der Waals surface area contributed by atoms with E-state index < -0.39 is 69.5 Å². The Hall–Kier alpha value is -3.34. The molecule has 3 aromatic heterocycles. The number of aliphatic hydroxyl groups is 2. The van der Waals surface area contributed by atoms with Gasteiger partial charge in [0.25, 0.3) is 5.91 Å². The van der Waals surface area contributed by atoms with E-state index in [4.69, 9.17) is 34.7 Å². The number of hydrogen-bond donors (Lipinski definition) is 7. The van der Waals surface area contributed by atoms with Crippen LogP contribution in [0.4, 0.5) is 11.6 Å². The van der Waals surface area contributed by atoms with Crippen molar-refractivity contribution in [1.82, 2.24) is 44.4 Å². The van der Waals surface area contributed by atoms with Crippen LogP contribution < -0.4 is 27.2 Å². The van der Waals surface area contributed by atoms with Gasteiger partial charge in [-0.05, 0) is 27.1 Å². The van der Waals surface area contributed by atoms with Crippen molar-refractivity contribution in [3.05, 3.63) is 24.7 Å². The topological polar surface area (TPSA) is 274 Å². The van der Waals surface area contributed by atoms with Crippen molar-refractivity contribution in [3.8, 4) is 0 Å². The number of fused-ring (bicyclic) bond motifs is 2. The average Bonchev–Trinajstić information content (AvgIpc) is 3.82. The molecule has 22 heteroatoms. The summed E-state index contributed by atoms with van der Waals surface area (Å²) < 4.78 is 47.2.